The summed E-state index contributed by atoms with van der Waals surface area (Å²) in [5, 5.41) is 4.87. The summed E-state index contributed by atoms with van der Waals surface area (Å²) in [6, 6.07) is 22.6. The van der Waals surface area contributed by atoms with Gasteiger partial charge in [0.05, 0.1) is 1.37 Å². The van der Waals surface area contributed by atoms with E-state index in [1.807, 2.05) is 36.4 Å². The zero-order chi connectivity index (χ0) is 13.6. The van der Waals surface area contributed by atoms with Gasteiger partial charge in [0.1, 0.15) is 5.35 Å². The first-order valence-corrected chi connectivity index (χ1v) is 7.12. The molecule has 0 saturated heterocycles. The molecule has 1 unspecified atom stereocenters. The highest BCUT2D eigenvalue weighted by Crippen LogP contribution is 2.46. The molecule has 0 aromatic heterocycles. The fraction of sp³-hybridized carbons (Fsp3) is 0.0588. The van der Waals surface area contributed by atoms with Crippen molar-refractivity contribution in [2.24, 2.45) is 0 Å². The number of hydrogen-bond donors (Lipinski definition) is 1. The second-order valence-corrected chi connectivity index (χ2v) is 5.67. The molecule has 1 nitrogen and oxygen atoms in total. The molecule has 19 heavy (non-hydrogen) atoms. The molecule has 0 spiro atoms. The first-order valence-electron chi connectivity index (χ1n) is 6.80. The molecular weight excluding hydrogens is 250 g/mol. The summed E-state index contributed by atoms with van der Waals surface area (Å²) in [4.78, 5) is 1.13. The predicted octanol–water partition coefficient (Wildman–Crippen LogP) is 5.06. The summed E-state index contributed by atoms with van der Waals surface area (Å²) in [6.45, 7) is 0. The summed E-state index contributed by atoms with van der Waals surface area (Å²) in [6.07, 6.45) is 0. The number of fused-ring (bicyclic) bond motifs is 2. The van der Waals surface area contributed by atoms with E-state index >= 15 is 0 Å². The number of thioether (sulfide) groups is 1. The zero-order valence-corrected chi connectivity index (χ0v) is 11.1. The van der Waals surface area contributed by atoms with Crippen LogP contribution in [0.1, 0.15) is 12.3 Å². The van der Waals surface area contributed by atoms with E-state index in [1.165, 1.54) is 10.8 Å². The van der Waals surface area contributed by atoms with Gasteiger partial charge in [-0.15, -0.1) is 0 Å². The lowest BCUT2D eigenvalue weighted by Gasteiger charge is -2.11. The lowest BCUT2D eigenvalue weighted by atomic mass is 10.1. The Morgan fingerprint density at radius 1 is 0.895 bits per heavy atom. The molecule has 1 aliphatic rings. The molecule has 0 aliphatic carbocycles. The Hall–Kier alpha value is -1.93. The van der Waals surface area contributed by atoms with Crippen molar-refractivity contribution in [1.29, 1.82) is 0 Å². The van der Waals surface area contributed by atoms with Gasteiger partial charge in [-0.25, -0.2) is 0 Å². The molecular formula is C17H13NS. The fourth-order valence-corrected chi connectivity index (χ4v) is 3.38. The molecule has 1 aliphatic heterocycles. The van der Waals surface area contributed by atoms with Gasteiger partial charge in [0.25, 0.3) is 0 Å². The summed E-state index contributed by atoms with van der Waals surface area (Å²) < 4.78 is 8.73. The zero-order valence-electron chi connectivity index (χ0n) is 11.3. The minimum absolute atomic E-state index is 0.840. The molecule has 1 N–H and O–H groups in total. The maximum Gasteiger partial charge on any atom is 0.103 e. The number of anilines is 1. The van der Waals surface area contributed by atoms with Crippen LogP contribution < -0.4 is 5.32 Å². The SMILES string of the molecule is [2H]C1(c2ccc3ccccc3c2)Nc2ccccc2S1. The van der Waals surface area contributed by atoms with Crippen molar-refractivity contribution < 1.29 is 1.37 Å². The average molecular weight is 264 g/mol. The van der Waals surface area contributed by atoms with Crippen molar-refractivity contribution in [2.75, 3.05) is 5.32 Å². The van der Waals surface area contributed by atoms with Crippen LogP contribution in [0.25, 0.3) is 10.8 Å². The predicted molar refractivity (Wildman–Crippen MR) is 82.6 cm³/mol. The van der Waals surface area contributed by atoms with Gasteiger partial charge in [0.15, 0.2) is 0 Å². The van der Waals surface area contributed by atoms with Crippen molar-refractivity contribution in [2.45, 2.75) is 10.2 Å². The van der Waals surface area contributed by atoms with Gasteiger partial charge < -0.3 is 5.32 Å². The van der Waals surface area contributed by atoms with E-state index in [-0.39, 0.29) is 0 Å². The summed E-state index contributed by atoms with van der Waals surface area (Å²) in [7, 11) is 0. The van der Waals surface area contributed by atoms with Crippen molar-refractivity contribution in [3.8, 4) is 0 Å². The monoisotopic (exact) mass is 264 g/mol. The Morgan fingerprint density at radius 2 is 1.68 bits per heavy atom. The Kier molecular flexibility index (Phi) is 2.26. The molecule has 2 heteroatoms. The van der Waals surface area contributed by atoms with Crippen LogP contribution in [0.5, 0.6) is 0 Å². The largest absolute Gasteiger partial charge is 0.368 e. The Bertz CT molecular complexity index is 775. The van der Waals surface area contributed by atoms with Crippen molar-refractivity contribution in [3.05, 3.63) is 72.3 Å². The molecule has 0 radical (unpaired) electrons. The molecule has 92 valence electrons. The number of benzene rings is 3. The van der Waals surface area contributed by atoms with E-state index in [4.69, 9.17) is 1.37 Å². The van der Waals surface area contributed by atoms with Crippen LogP contribution in [-0.4, -0.2) is 0 Å². The lowest BCUT2D eigenvalue weighted by Crippen LogP contribution is -2.00. The van der Waals surface area contributed by atoms with E-state index in [9.17, 15) is 0 Å². The number of para-hydroxylation sites is 1. The van der Waals surface area contributed by atoms with Crippen LogP contribution in [0.2, 0.25) is 0 Å². The van der Waals surface area contributed by atoms with Crippen LogP contribution in [0, 0.1) is 0 Å². The van der Waals surface area contributed by atoms with E-state index in [1.54, 1.807) is 11.8 Å². The van der Waals surface area contributed by atoms with Crippen LogP contribution >= 0.6 is 11.8 Å². The molecule has 3 aromatic rings. The molecule has 0 bridgehead atoms. The van der Waals surface area contributed by atoms with E-state index in [0.717, 1.165) is 16.1 Å². The average Bonchev–Trinajstić information content (AvgIpc) is 2.84. The van der Waals surface area contributed by atoms with Gasteiger partial charge in [0, 0.05) is 10.6 Å². The Balaban J connectivity index is 1.80. The quantitative estimate of drug-likeness (QED) is 0.659. The van der Waals surface area contributed by atoms with Crippen LogP contribution in [0.3, 0.4) is 0 Å². The molecule has 3 aromatic carbocycles. The summed E-state index contributed by atoms with van der Waals surface area (Å²) in [5.74, 6) is 0. The van der Waals surface area contributed by atoms with E-state index in [0.29, 0.717) is 0 Å². The Morgan fingerprint density at radius 3 is 2.58 bits per heavy atom. The number of nitrogens with one attached hydrogen (secondary N) is 1. The van der Waals surface area contributed by atoms with E-state index in [2.05, 4.69) is 35.6 Å². The van der Waals surface area contributed by atoms with E-state index < -0.39 is 5.35 Å². The van der Waals surface area contributed by atoms with Crippen molar-refractivity contribution in [3.63, 3.8) is 0 Å². The number of rotatable bonds is 1. The minimum atomic E-state index is -0.840. The third-order valence-corrected chi connectivity index (χ3v) is 4.48. The smallest absolute Gasteiger partial charge is 0.103 e. The van der Waals surface area contributed by atoms with Crippen LogP contribution in [0.4, 0.5) is 5.69 Å². The second-order valence-electron chi connectivity index (χ2n) is 4.61. The van der Waals surface area contributed by atoms with Gasteiger partial charge in [-0.05, 0) is 34.5 Å². The van der Waals surface area contributed by atoms with Gasteiger partial charge in [-0.2, -0.15) is 0 Å². The molecule has 4 rings (SSSR count). The molecule has 1 atom stereocenters. The molecule has 0 saturated carbocycles. The van der Waals surface area contributed by atoms with Crippen LogP contribution in [0.15, 0.2) is 71.6 Å². The Labute approximate surface area is 118 Å². The number of hydrogen-bond acceptors (Lipinski definition) is 2. The van der Waals surface area contributed by atoms with Gasteiger partial charge in [0.2, 0.25) is 0 Å². The fourth-order valence-electron chi connectivity index (χ4n) is 2.38. The first-order chi connectivity index (χ1) is 9.74. The van der Waals surface area contributed by atoms with Gasteiger partial charge in [-0.3, -0.25) is 0 Å². The molecule has 1 heterocycles. The summed E-state index contributed by atoms with van der Waals surface area (Å²) >= 11 is 1.56. The molecule has 0 amide bonds. The third kappa shape index (κ3) is 1.89. The first kappa shape index (κ1) is 9.93. The highest BCUT2D eigenvalue weighted by atomic mass is 32.2. The van der Waals surface area contributed by atoms with Crippen molar-refractivity contribution >= 4 is 28.2 Å². The maximum absolute atomic E-state index is 8.73. The molecule has 0 fully saturated rings. The van der Waals surface area contributed by atoms with Gasteiger partial charge in [-0.1, -0.05) is 60.3 Å². The highest BCUT2D eigenvalue weighted by Gasteiger charge is 2.22. The minimum Gasteiger partial charge on any atom is -0.368 e. The second kappa shape index (κ2) is 4.32. The topological polar surface area (TPSA) is 12.0 Å². The van der Waals surface area contributed by atoms with Gasteiger partial charge >= 0.3 is 0 Å². The standard InChI is InChI=1S/C17H13NS/c1-2-6-13-11-14(10-9-12(13)5-1)17-18-15-7-3-4-8-16(15)19-17/h1-11,17-18H/i17D. The van der Waals surface area contributed by atoms with Crippen molar-refractivity contribution in [1.82, 2.24) is 0 Å². The van der Waals surface area contributed by atoms with Crippen LogP contribution in [-0.2, 0) is 0 Å². The third-order valence-electron chi connectivity index (χ3n) is 3.36. The summed E-state index contributed by atoms with van der Waals surface area (Å²) in [5.41, 5.74) is 2.03. The normalized spacial score (nSPS) is 21.8. The maximum atomic E-state index is 8.73. The highest BCUT2D eigenvalue weighted by molar-refractivity contribution is 8.00. The lowest BCUT2D eigenvalue weighted by molar-refractivity contribution is 1.14.